The monoisotopic (exact) mass is 638 g/mol. The van der Waals surface area contributed by atoms with Gasteiger partial charge in [0.25, 0.3) is 5.78 Å². The molecule has 43 heavy (non-hydrogen) atoms. The number of halogens is 5. The Morgan fingerprint density at radius 1 is 0.860 bits per heavy atom. The molecule has 0 aliphatic carbocycles. The summed E-state index contributed by atoms with van der Waals surface area (Å²) in [5.74, 6) is -3.49. The van der Waals surface area contributed by atoms with Crippen LogP contribution in [0.15, 0.2) is 72.8 Å². The zero-order valence-electron chi connectivity index (χ0n) is 23.6. The van der Waals surface area contributed by atoms with Crippen molar-refractivity contribution in [2.45, 2.75) is 51.1 Å². The van der Waals surface area contributed by atoms with Gasteiger partial charge in [0, 0.05) is 16.5 Å². The van der Waals surface area contributed by atoms with Crippen molar-refractivity contribution in [1.29, 1.82) is 0 Å². The van der Waals surface area contributed by atoms with Gasteiger partial charge in [-0.05, 0) is 65.6 Å². The highest BCUT2D eigenvalue weighted by Crippen LogP contribution is 2.28. The van der Waals surface area contributed by atoms with Crippen molar-refractivity contribution in [3.8, 4) is 11.5 Å². The number of methoxy groups -OCH3 is 1. The molecule has 0 fully saturated rings. The molecule has 2 N–H and O–H groups in total. The third-order valence-corrected chi connectivity index (χ3v) is 6.94. The van der Waals surface area contributed by atoms with E-state index < -0.39 is 47.9 Å². The summed E-state index contributed by atoms with van der Waals surface area (Å²) < 4.78 is 51.0. The average Bonchev–Trinajstić information content (AvgIpc) is 2.95. The van der Waals surface area contributed by atoms with Gasteiger partial charge < -0.3 is 20.1 Å². The number of alkyl halides is 3. The summed E-state index contributed by atoms with van der Waals surface area (Å²) >= 11 is 12.1. The minimum atomic E-state index is -5.15. The van der Waals surface area contributed by atoms with E-state index in [9.17, 15) is 27.6 Å². The molecule has 0 spiro atoms. The smallest absolute Gasteiger partial charge is 0.452 e. The number of ketones is 1. The number of hydrogen-bond acceptors (Lipinski definition) is 5. The Morgan fingerprint density at radius 2 is 1.49 bits per heavy atom. The molecule has 0 aromatic heterocycles. The van der Waals surface area contributed by atoms with Crippen LogP contribution in [0.5, 0.6) is 11.5 Å². The molecule has 0 bridgehead atoms. The van der Waals surface area contributed by atoms with E-state index in [1.807, 2.05) is 0 Å². The van der Waals surface area contributed by atoms with Crippen LogP contribution >= 0.6 is 23.2 Å². The minimum absolute atomic E-state index is 0.103. The highest BCUT2D eigenvalue weighted by molar-refractivity contribution is 6.30. The van der Waals surface area contributed by atoms with Crippen molar-refractivity contribution in [3.63, 3.8) is 0 Å². The first-order valence-corrected chi connectivity index (χ1v) is 14.0. The van der Waals surface area contributed by atoms with E-state index in [-0.39, 0.29) is 12.8 Å². The Labute approximate surface area is 257 Å². The van der Waals surface area contributed by atoms with E-state index in [0.717, 1.165) is 0 Å². The first-order chi connectivity index (χ1) is 20.3. The van der Waals surface area contributed by atoms with E-state index in [2.05, 4.69) is 10.6 Å². The average molecular weight is 639 g/mol. The summed E-state index contributed by atoms with van der Waals surface area (Å²) in [5.41, 5.74) is 1.15. The predicted molar refractivity (Wildman–Crippen MR) is 157 cm³/mol. The van der Waals surface area contributed by atoms with Gasteiger partial charge in [-0.3, -0.25) is 14.4 Å². The maximum atomic E-state index is 13.4. The lowest BCUT2D eigenvalue weighted by Crippen LogP contribution is -2.56. The maximum absolute atomic E-state index is 13.4. The van der Waals surface area contributed by atoms with Crippen LogP contribution in [0.3, 0.4) is 0 Å². The summed E-state index contributed by atoms with van der Waals surface area (Å²) in [7, 11) is 1.52. The predicted octanol–water partition coefficient (Wildman–Crippen LogP) is 6.51. The van der Waals surface area contributed by atoms with Crippen molar-refractivity contribution in [2.24, 2.45) is 5.92 Å². The summed E-state index contributed by atoms with van der Waals surface area (Å²) in [6, 6.07) is 16.7. The topological polar surface area (TPSA) is 93.7 Å². The van der Waals surface area contributed by atoms with Gasteiger partial charge in [-0.15, -0.1) is 0 Å². The van der Waals surface area contributed by atoms with Gasteiger partial charge in [0.15, 0.2) is 0 Å². The third kappa shape index (κ3) is 10.2. The van der Waals surface area contributed by atoms with Crippen LogP contribution < -0.4 is 20.1 Å². The van der Waals surface area contributed by atoms with Gasteiger partial charge >= 0.3 is 6.18 Å². The summed E-state index contributed by atoms with van der Waals surface area (Å²) in [4.78, 5) is 38.8. The number of amides is 2. The Hall–Kier alpha value is -3.76. The van der Waals surface area contributed by atoms with Gasteiger partial charge in [0.05, 0.1) is 19.6 Å². The molecule has 0 aliphatic rings. The van der Waals surface area contributed by atoms with E-state index in [4.69, 9.17) is 32.7 Å². The van der Waals surface area contributed by atoms with Crippen molar-refractivity contribution in [1.82, 2.24) is 10.6 Å². The molecule has 0 saturated carbocycles. The number of carbonyl (C=O) groups is 3. The second-order valence-electron chi connectivity index (χ2n) is 10.1. The molecule has 3 aromatic carbocycles. The van der Waals surface area contributed by atoms with Crippen molar-refractivity contribution in [3.05, 3.63) is 94.0 Å². The van der Waals surface area contributed by atoms with Crippen LogP contribution in [0.4, 0.5) is 13.2 Å². The molecule has 0 heterocycles. The van der Waals surface area contributed by atoms with Gasteiger partial charge in [0.2, 0.25) is 11.8 Å². The van der Waals surface area contributed by atoms with Crippen LogP contribution in [0.1, 0.15) is 37.5 Å². The Kier molecular flexibility index (Phi) is 11.9. The minimum Gasteiger partial charge on any atom is -0.497 e. The molecular formula is C31H31Cl2F3N2O5. The normalized spacial score (nSPS) is 13.5. The second-order valence-corrected chi connectivity index (χ2v) is 11.0. The molecule has 12 heteroatoms. The Morgan fingerprint density at radius 3 is 2.05 bits per heavy atom. The zero-order valence-corrected chi connectivity index (χ0v) is 25.1. The van der Waals surface area contributed by atoms with Gasteiger partial charge in [-0.25, -0.2) is 0 Å². The molecule has 3 aromatic rings. The lowest BCUT2D eigenvalue weighted by molar-refractivity contribution is -0.175. The van der Waals surface area contributed by atoms with Gasteiger partial charge in [-0.1, -0.05) is 61.3 Å². The molecule has 0 saturated heterocycles. The number of hydrogen-bond donors (Lipinski definition) is 2. The number of ether oxygens (including phenoxy) is 2. The largest absolute Gasteiger partial charge is 0.497 e. The third-order valence-electron chi connectivity index (χ3n) is 6.46. The maximum Gasteiger partial charge on any atom is 0.452 e. The number of benzene rings is 3. The summed E-state index contributed by atoms with van der Waals surface area (Å²) in [6.45, 7) is 2.76. The first-order valence-electron chi connectivity index (χ1n) is 13.3. The summed E-state index contributed by atoms with van der Waals surface area (Å²) in [5, 5.41) is 5.64. The fraction of sp³-hybridized carbons (Fsp3) is 0.323. The van der Waals surface area contributed by atoms with Crippen LogP contribution in [0.25, 0.3) is 0 Å². The number of nitrogens with one attached hydrogen (secondary N) is 2. The second kappa shape index (κ2) is 15.1. The molecule has 3 atom stereocenters. The fourth-order valence-electron chi connectivity index (χ4n) is 4.22. The molecule has 7 nitrogen and oxygen atoms in total. The SMILES string of the molecule is COc1ccc(OC(CC(=O)N[C@@H](Cc2cccc(Cl)c2)C(=O)N[C@H](C(=O)C(F)(F)F)C(C)C)c2ccc(Cl)cc2)cc1. The molecule has 1 unspecified atom stereocenters. The van der Waals surface area contributed by atoms with Crippen LogP contribution in [0.2, 0.25) is 10.0 Å². The molecule has 0 aliphatic heterocycles. The zero-order chi connectivity index (χ0) is 31.7. The Bertz CT molecular complexity index is 1400. The number of carbonyl (C=O) groups excluding carboxylic acids is 3. The van der Waals surface area contributed by atoms with E-state index in [1.54, 1.807) is 72.8 Å². The fourth-order valence-corrected chi connectivity index (χ4v) is 4.56. The molecule has 3 rings (SSSR count). The van der Waals surface area contributed by atoms with Crippen LogP contribution in [-0.2, 0) is 20.8 Å². The van der Waals surface area contributed by atoms with E-state index in [1.165, 1.54) is 21.0 Å². The van der Waals surface area contributed by atoms with Crippen LogP contribution in [-0.4, -0.2) is 43.0 Å². The van der Waals surface area contributed by atoms with Crippen LogP contribution in [0, 0.1) is 5.92 Å². The Balaban J connectivity index is 1.86. The lowest BCUT2D eigenvalue weighted by atomic mass is 9.97. The molecular weight excluding hydrogens is 608 g/mol. The number of Topliss-reactive ketones (excluding diaryl/α,β-unsaturated/α-hetero) is 1. The lowest BCUT2D eigenvalue weighted by Gasteiger charge is -2.26. The van der Waals surface area contributed by atoms with Gasteiger partial charge in [0.1, 0.15) is 23.6 Å². The van der Waals surface area contributed by atoms with E-state index in [0.29, 0.717) is 32.7 Å². The van der Waals surface area contributed by atoms with Crippen molar-refractivity contribution >= 4 is 40.8 Å². The summed E-state index contributed by atoms with van der Waals surface area (Å²) in [6.07, 6.45) is -6.34. The first kappa shape index (κ1) is 33.7. The standard InChI is InChI=1S/C31H31Cl2F3N2O5/c1-18(2)28(29(40)31(34,35)36)38-30(41)25(16-19-5-4-6-22(33)15-19)37-27(39)17-26(20-7-9-21(32)10-8-20)43-24-13-11-23(42-3)12-14-24/h4-15,18,25-26,28H,16-17H2,1-3H3,(H,37,39)(H,38,41)/t25-,26?,28-/m0/s1. The van der Waals surface area contributed by atoms with E-state index >= 15 is 0 Å². The molecule has 0 radical (unpaired) electrons. The highest BCUT2D eigenvalue weighted by Gasteiger charge is 2.45. The quantitative estimate of drug-likeness (QED) is 0.223. The number of rotatable bonds is 13. The van der Waals surface area contributed by atoms with Crippen molar-refractivity contribution in [2.75, 3.05) is 7.11 Å². The molecule has 2 amide bonds. The van der Waals surface area contributed by atoms with Gasteiger partial charge in [-0.2, -0.15) is 13.2 Å². The van der Waals surface area contributed by atoms with Crippen molar-refractivity contribution < 1.29 is 37.0 Å². The molecule has 230 valence electrons. The highest BCUT2D eigenvalue weighted by atomic mass is 35.5.